The van der Waals surface area contributed by atoms with Crippen molar-refractivity contribution in [3.8, 4) is 0 Å². The lowest BCUT2D eigenvalue weighted by atomic mass is 9.99. The van der Waals surface area contributed by atoms with Crippen molar-refractivity contribution in [1.82, 2.24) is 19.4 Å². The van der Waals surface area contributed by atoms with Crippen LogP contribution in [0.2, 0.25) is 0 Å². The fourth-order valence-electron chi connectivity index (χ4n) is 3.91. The first kappa shape index (κ1) is 16.0. The Hall–Kier alpha value is -0.910. The highest BCUT2D eigenvalue weighted by molar-refractivity contribution is 5.04. The van der Waals surface area contributed by atoms with Crippen molar-refractivity contribution in [2.45, 2.75) is 57.7 Å². The van der Waals surface area contributed by atoms with Gasteiger partial charge in [0.2, 0.25) is 0 Å². The monoisotopic (exact) mass is 306 g/mol. The molecule has 3 rings (SSSR count). The van der Waals surface area contributed by atoms with Crippen LogP contribution in [-0.2, 0) is 13.6 Å². The van der Waals surface area contributed by atoms with Crippen LogP contribution in [0, 0.1) is 6.92 Å². The van der Waals surface area contributed by atoms with Crippen LogP contribution in [0.25, 0.3) is 0 Å². The number of nitrogens with zero attached hydrogens (tertiary/aromatic N) is 4. The number of aliphatic hydroxyl groups excluding tert-OH is 1. The van der Waals surface area contributed by atoms with Crippen molar-refractivity contribution in [2.75, 3.05) is 26.2 Å². The summed E-state index contributed by atoms with van der Waals surface area (Å²) in [7, 11) is 2.07. The lowest BCUT2D eigenvalue weighted by Gasteiger charge is -2.41. The van der Waals surface area contributed by atoms with Gasteiger partial charge in [0.25, 0.3) is 0 Å². The molecule has 22 heavy (non-hydrogen) atoms. The van der Waals surface area contributed by atoms with E-state index in [4.69, 9.17) is 0 Å². The van der Waals surface area contributed by atoms with Gasteiger partial charge in [-0.3, -0.25) is 9.80 Å². The first-order chi connectivity index (χ1) is 10.6. The molecule has 2 aliphatic heterocycles. The van der Waals surface area contributed by atoms with Gasteiger partial charge in [0.05, 0.1) is 11.8 Å². The van der Waals surface area contributed by atoms with E-state index in [1.807, 2.05) is 13.1 Å². The van der Waals surface area contributed by atoms with Gasteiger partial charge in [0.15, 0.2) is 0 Å². The zero-order valence-electron chi connectivity index (χ0n) is 14.0. The van der Waals surface area contributed by atoms with Crippen molar-refractivity contribution < 1.29 is 5.11 Å². The van der Waals surface area contributed by atoms with Crippen LogP contribution in [0.5, 0.6) is 0 Å². The summed E-state index contributed by atoms with van der Waals surface area (Å²) < 4.78 is 2.15. The number of hydrogen-bond donors (Lipinski definition) is 1. The molecule has 124 valence electrons. The summed E-state index contributed by atoms with van der Waals surface area (Å²) in [5.41, 5.74) is 1.23. The molecule has 5 nitrogen and oxygen atoms in total. The number of aromatic nitrogens is 2. The summed E-state index contributed by atoms with van der Waals surface area (Å²) in [6.45, 7) is 7.12. The summed E-state index contributed by atoms with van der Waals surface area (Å²) in [5, 5.41) is 10.6. The van der Waals surface area contributed by atoms with Crippen molar-refractivity contribution in [2.24, 2.45) is 7.05 Å². The maximum absolute atomic E-state index is 10.6. The Balaban J connectivity index is 1.56. The van der Waals surface area contributed by atoms with Gasteiger partial charge < -0.3 is 9.67 Å². The lowest BCUT2D eigenvalue weighted by molar-refractivity contribution is -0.0149. The fourth-order valence-corrected chi connectivity index (χ4v) is 3.91. The molecule has 1 aromatic rings. The summed E-state index contributed by atoms with van der Waals surface area (Å²) in [4.78, 5) is 9.28. The first-order valence-corrected chi connectivity index (χ1v) is 8.77. The quantitative estimate of drug-likeness (QED) is 0.920. The predicted molar refractivity (Wildman–Crippen MR) is 87.7 cm³/mol. The normalized spacial score (nSPS) is 28.7. The number of aliphatic hydroxyl groups is 1. The third-order valence-corrected chi connectivity index (χ3v) is 5.44. The van der Waals surface area contributed by atoms with Crippen LogP contribution >= 0.6 is 0 Å². The van der Waals surface area contributed by atoms with Crippen LogP contribution < -0.4 is 0 Å². The van der Waals surface area contributed by atoms with Gasteiger partial charge in [-0.2, -0.15) is 0 Å². The Morgan fingerprint density at radius 1 is 1.18 bits per heavy atom. The number of likely N-dealkylation sites (tertiary alicyclic amines) is 2. The van der Waals surface area contributed by atoms with Crippen LogP contribution in [-0.4, -0.2) is 62.8 Å². The van der Waals surface area contributed by atoms with Gasteiger partial charge in [0, 0.05) is 38.9 Å². The molecule has 0 bridgehead atoms. The number of piperidine rings is 1. The molecule has 0 aromatic carbocycles. The van der Waals surface area contributed by atoms with Gasteiger partial charge in [-0.15, -0.1) is 0 Å². The third kappa shape index (κ3) is 3.53. The fraction of sp³-hybridized carbons (Fsp3) is 0.824. The number of aryl methyl sites for hydroxylation is 1. The van der Waals surface area contributed by atoms with Gasteiger partial charge in [0.1, 0.15) is 5.82 Å². The smallest absolute Gasteiger partial charge is 0.105 e. The van der Waals surface area contributed by atoms with Crippen LogP contribution in [0.3, 0.4) is 0 Å². The molecular weight excluding hydrogens is 276 g/mol. The molecule has 1 aromatic heterocycles. The van der Waals surface area contributed by atoms with Crippen LogP contribution in [0.15, 0.2) is 6.20 Å². The number of hydrogen-bond acceptors (Lipinski definition) is 4. The number of imidazole rings is 1. The molecule has 0 unspecified atom stereocenters. The Morgan fingerprint density at radius 2 is 1.91 bits per heavy atom. The maximum Gasteiger partial charge on any atom is 0.105 e. The molecule has 0 spiro atoms. The van der Waals surface area contributed by atoms with Crippen LogP contribution in [0.4, 0.5) is 0 Å². The van der Waals surface area contributed by atoms with E-state index in [9.17, 15) is 5.11 Å². The van der Waals surface area contributed by atoms with Gasteiger partial charge in [-0.25, -0.2) is 4.98 Å². The van der Waals surface area contributed by atoms with E-state index in [0.717, 1.165) is 31.9 Å². The minimum Gasteiger partial charge on any atom is -0.390 e. The van der Waals surface area contributed by atoms with Crippen molar-refractivity contribution >= 4 is 0 Å². The minimum absolute atomic E-state index is 0.221. The second kappa shape index (κ2) is 7.11. The zero-order chi connectivity index (χ0) is 15.5. The second-order valence-corrected chi connectivity index (χ2v) is 6.96. The average molecular weight is 306 g/mol. The molecule has 2 saturated heterocycles. The topological polar surface area (TPSA) is 44.5 Å². The SMILES string of the molecule is Cc1ncc(CN2CC[C@H](N3CCCCCC3)[C@@H](O)C2)n1C. The van der Waals surface area contributed by atoms with E-state index in [2.05, 4.69) is 26.4 Å². The molecule has 0 saturated carbocycles. The average Bonchev–Trinajstić information content (AvgIpc) is 2.74. The summed E-state index contributed by atoms with van der Waals surface area (Å²) in [5.74, 6) is 1.05. The summed E-state index contributed by atoms with van der Waals surface area (Å²) >= 11 is 0. The van der Waals surface area contributed by atoms with Gasteiger partial charge in [-0.05, 0) is 39.3 Å². The Bertz CT molecular complexity index is 479. The second-order valence-electron chi connectivity index (χ2n) is 6.96. The Labute approximate surface area is 133 Å². The van der Waals surface area contributed by atoms with E-state index in [1.54, 1.807) is 0 Å². The molecule has 2 atom stereocenters. The molecule has 5 heteroatoms. The Morgan fingerprint density at radius 3 is 2.50 bits per heavy atom. The molecule has 2 fully saturated rings. The van der Waals surface area contributed by atoms with Crippen molar-refractivity contribution in [3.05, 3.63) is 17.7 Å². The van der Waals surface area contributed by atoms with Gasteiger partial charge >= 0.3 is 0 Å². The van der Waals surface area contributed by atoms with E-state index in [-0.39, 0.29) is 6.10 Å². The molecule has 0 radical (unpaired) electrons. The molecule has 0 aliphatic carbocycles. The lowest BCUT2D eigenvalue weighted by Crippen LogP contribution is -2.54. The predicted octanol–water partition coefficient (Wildman–Crippen LogP) is 1.54. The highest BCUT2D eigenvalue weighted by Gasteiger charge is 2.32. The highest BCUT2D eigenvalue weighted by atomic mass is 16.3. The van der Waals surface area contributed by atoms with E-state index >= 15 is 0 Å². The molecule has 2 aliphatic rings. The molecule has 1 N–H and O–H groups in total. The first-order valence-electron chi connectivity index (χ1n) is 8.77. The number of β-amino-alcohol motifs (C(OH)–C–C–N with tert-alkyl or cyclic N) is 1. The largest absolute Gasteiger partial charge is 0.390 e. The van der Waals surface area contributed by atoms with Crippen LogP contribution in [0.1, 0.15) is 43.6 Å². The highest BCUT2D eigenvalue weighted by Crippen LogP contribution is 2.22. The van der Waals surface area contributed by atoms with Crippen molar-refractivity contribution in [1.29, 1.82) is 0 Å². The van der Waals surface area contributed by atoms with Crippen molar-refractivity contribution in [3.63, 3.8) is 0 Å². The summed E-state index contributed by atoms with van der Waals surface area (Å²) in [6, 6.07) is 0.364. The molecular formula is C17H30N4O. The minimum atomic E-state index is -0.221. The standard InChI is InChI=1S/C17H30N4O/c1-14-18-11-15(19(14)2)12-20-10-7-16(17(22)13-20)21-8-5-3-4-6-9-21/h11,16-17,22H,3-10,12-13H2,1-2H3/t16-,17-/m0/s1. The molecule has 3 heterocycles. The van der Waals surface area contributed by atoms with E-state index in [1.165, 1.54) is 44.5 Å². The third-order valence-electron chi connectivity index (χ3n) is 5.44. The maximum atomic E-state index is 10.6. The number of rotatable bonds is 3. The Kier molecular flexibility index (Phi) is 5.16. The van der Waals surface area contributed by atoms with Gasteiger partial charge in [-0.1, -0.05) is 12.8 Å². The molecule has 0 amide bonds. The van der Waals surface area contributed by atoms with E-state index in [0.29, 0.717) is 6.04 Å². The zero-order valence-corrected chi connectivity index (χ0v) is 14.0. The summed E-state index contributed by atoms with van der Waals surface area (Å²) in [6.07, 6.45) is 8.11. The van der Waals surface area contributed by atoms with E-state index < -0.39 is 0 Å².